The molecular formula is C17H13Cl2NO. The Bertz CT molecular complexity index is 802. The van der Waals surface area contributed by atoms with Crippen molar-refractivity contribution in [2.45, 2.75) is 6.54 Å². The van der Waals surface area contributed by atoms with Crippen molar-refractivity contribution >= 4 is 39.7 Å². The van der Waals surface area contributed by atoms with Gasteiger partial charge in [-0.25, -0.2) is 0 Å². The van der Waals surface area contributed by atoms with E-state index in [4.69, 9.17) is 23.2 Å². The highest BCUT2D eigenvalue weighted by Crippen LogP contribution is 2.29. The first-order chi connectivity index (χ1) is 10.1. The summed E-state index contributed by atoms with van der Waals surface area (Å²) in [5, 5.41) is 16.5. The van der Waals surface area contributed by atoms with E-state index < -0.39 is 0 Å². The first-order valence-electron chi connectivity index (χ1n) is 6.53. The zero-order chi connectivity index (χ0) is 14.8. The predicted octanol–water partition coefficient (Wildman–Crippen LogP) is 5.46. The van der Waals surface area contributed by atoms with Gasteiger partial charge in [-0.2, -0.15) is 0 Å². The minimum Gasteiger partial charge on any atom is -0.508 e. The summed E-state index contributed by atoms with van der Waals surface area (Å²) in [5.41, 5.74) is 1.72. The van der Waals surface area contributed by atoms with Crippen LogP contribution in [0.4, 0.5) is 5.69 Å². The lowest BCUT2D eigenvalue weighted by Gasteiger charge is -2.12. The highest BCUT2D eigenvalue weighted by atomic mass is 35.5. The number of phenols is 1. The fourth-order valence-corrected chi connectivity index (χ4v) is 2.60. The normalized spacial score (nSPS) is 10.8. The van der Waals surface area contributed by atoms with Crippen LogP contribution in [0, 0.1) is 0 Å². The van der Waals surface area contributed by atoms with Crippen LogP contribution in [0.3, 0.4) is 0 Å². The number of fused-ring (bicyclic) bond motifs is 1. The van der Waals surface area contributed by atoms with E-state index in [1.54, 1.807) is 18.2 Å². The molecule has 0 spiro atoms. The summed E-state index contributed by atoms with van der Waals surface area (Å²) in [4.78, 5) is 0. The number of nitrogens with one attached hydrogen (secondary N) is 1. The minimum atomic E-state index is 0.279. The maximum Gasteiger partial charge on any atom is 0.121 e. The SMILES string of the molecule is Oc1ccc2ccccc2c1CNc1ccc(Cl)c(Cl)c1. The van der Waals surface area contributed by atoms with E-state index in [0.29, 0.717) is 16.6 Å². The van der Waals surface area contributed by atoms with Crippen LogP contribution in [-0.4, -0.2) is 5.11 Å². The molecule has 0 heterocycles. The van der Waals surface area contributed by atoms with Crippen molar-refractivity contribution in [3.63, 3.8) is 0 Å². The van der Waals surface area contributed by atoms with Crippen LogP contribution in [0.25, 0.3) is 10.8 Å². The molecule has 0 aromatic heterocycles. The third-order valence-corrected chi connectivity index (χ3v) is 4.14. The lowest BCUT2D eigenvalue weighted by Crippen LogP contribution is -2.00. The van der Waals surface area contributed by atoms with Gasteiger partial charge in [0.25, 0.3) is 0 Å². The molecule has 21 heavy (non-hydrogen) atoms. The fraction of sp³-hybridized carbons (Fsp3) is 0.0588. The number of hydrogen-bond acceptors (Lipinski definition) is 2. The molecule has 2 N–H and O–H groups in total. The van der Waals surface area contributed by atoms with Crippen molar-refractivity contribution in [1.29, 1.82) is 0 Å². The quantitative estimate of drug-likeness (QED) is 0.671. The standard InChI is InChI=1S/C17H13Cl2NO/c18-15-7-6-12(9-16(15)19)20-10-14-13-4-2-1-3-11(13)5-8-17(14)21/h1-9,20-21H,10H2. The highest BCUT2D eigenvalue weighted by molar-refractivity contribution is 6.42. The monoisotopic (exact) mass is 317 g/mol. The van der Waals surface area contributed by atoms with E-state index >= 15 is 0 Å². The maximum absolute atomic E-state index is 10.1. The second-order valence-electron chi connectivity index (χ2n) is 4.77. The molecule has 106 valence electrons. The Labute approximate surface area is 132 Å². The Morgan fingerprint density at radius 1 is 0.905 bits per heavy atom. The molecule has 3 aromatic carbocycles. The molecule has 3 aromatic rings. The number of halogens is 2. The summed E-state index contributed by atoms with van der Waals surface area (Å²) in [6, 6.07) is 17.0. The van der Waals surface area contributed by atoms with Gasteiger partial charge in [0, 0.05) is 17.8 Å². The lowest BCUT2D eigenvalue weighted by molar-refractivity contribution is 0.470. The zero-order valence-corrected chi connectivity index (χ0v) is 12.6. The molecule has 4 heteroatoms. The summed E-state index contributed by atoms with van der Waals surface area (Å²) < 4.78 is 0. The van der Waals surface area contributed by atoms with E-state index in [1.807, 2.05) is 36.4 Å². The lowest BCUT2D eigenvalue weighted by atomic mass is 10.0. The van der Waals surface area contributed by atoms with Gasteiger partial charge in [-0.15, -0.1) is 0 Å². The van der Waals surface area contributed by atoms with Gasteiger partial charge in [-0.1, -0.05) is 53.5 Å². The summed E-state index contributed by atoms with van der Waals surface area (Å²) >= 11 is 11.9. The Morgan fingerprint density at radius 3 is 2.52 bits per heavy atom. The summed E-state index contributed by atoms with van der Waals surface area (Å²) in [5.74, 6) is 0.279. The van der Waals surface area contributed by atoms with Crippen molar-refractivity contribution in [2.75, 3.05) is 5.32 Å². The number of phenolic OH excluding ortho intramolecular Hbond substituents is 1. The van der Waals surface area contributed by atoms with Crippen molar-refractivity contribution in [1.82, 2.24) is 0 Å². The zero-order valence-electron chi connectivity index (χ0n) is 11.1. The van der Waals surface area contributed by atoms with Crippen LogP contribution in [0.5, 0.6) is 5.75 Å². The van der Waals surface area contributed by atoms with Crippen LogP contribution in [0.2, 0.25) is 10.0 Å². The van der Waals surface area contributed by atoms with E-state index in [9.17, 15) is 5.11 Å². The molecule has 3 rings (SSSR count). The van der Waals surface area contributed by atoms with Gasteiger partial charge in [-0.3, -0.25) is 0 Å². The molecule has 0 bridgehead atoms. The molecule has 0 aliphatic heterocycles. The smallest absolute Gasteiger partial charge is 0.121 e. The van der Waals surface area contributed by atoms with Crippen molar-refractivity contribution in [2.24, 2.45) is 0 Å². The highest BCUT2D eigenvalue weighted by Gasteiger charge is 2.07. The molecule has 0 saturated heterocycles. The van der Waals surface area contributed by atoms with Gasteiger partial charge >= 0.3 is 0 Å². The predicted molar refractivity (Wildman–Crippen MR) is 89.4 cm³/mol. The van der Waals surface area contributed by atoms with Gasteiger partial charge in [0.15, 0.2) is 0 Å². The number of anilines is 1. The van der Waals surface area contributed by atoms with E-state index in [2.05, 4.69) is 5.32 Å². The number of aromatic hydroxyl groups is 1. The average molecular weight is 318 g/mol. The molecule has 0 aliphatic carbocycles. The van der Waals surface area contributed by atoms with Crippen molar-refractivity contribution in [3.05, 3.63) is 70.2 Å². The molecular weight excluding hydrogens is 305 g/mol. The molecule has 0 radical (unpaired) electrons. The second kappa shape index (κ2) is 5.84. The van der Waals surface area contributed by atoms with E-state index in [-0.39, 0.29) is 5.75 Å². The summed E-state index contributed by atoms with van der Waals surface area (Å²) in [7, 11) is 0. The van der Waals surface area contributed by atoms with Crippen LogP contribution in [-0.2, 0) is 6.54 Å². The van der Waals surface area contributed by atoms with Crippen molar-refractivity contribution in [3.8, 4) is 5.75 Å². The minimum absolute atomic E-state index is 0.279. The van der Waals surface area contributed by atoms with Crippen LogP contribution < -0.4 is 5.32 Å². The van der Waals surface area contributed by atoms with E-state index in [0.717, 1.165) is 22.0 Å². The number of hydrogen-bond donors (Lipinski definition) is 2. The van der Waals surface area contributed by atoms with Gasteiger partial charge in [0.05, 0.1) is 10.0 Å². The summed E-state index contributed by atoms with van der Waals surface area (Å²) in [6.45, 7) is 0.505. The Hall–Kier alpha value is -1.90. The third kappa shape index (κ3) is 2.92. The van der Waals surface area contributed by atoms with E-state index in [1.165, 1.54) is 0 Å². The Kier molecular flexibility index (Phi) is 3.91. The topological polar surface area (TPSA) is 32.3 Å². The average Bonchev–Trinajstić information content (AvgIpc) is 2.50. The van der Waals surface area contributed by atoms with Crippen LogP contribution in [0.15, 0.2) is 54.6 Å². The molecule has 0 atom stereocenters. The molecule has 0 aliphatic rings. The summed E-state index contributed by atoms with van der Waals surface area (Å²) in [6.07, 6.45) is 0. The molecule has 0 unspecified atom stereocenters. The number of rotatable bonds is 3. The third-order valence-electron chi connectivity index (χ3n) is 3.40. The van der Waals surface area contributed by atoms with Crippen molar-refractivity contribution < 1.29 is 5.11 Å². The van der Waals surface area contributed by atoms with Crippen LogP contribution >= 0.6 is 23.2 Å². The fourth-order valence-electron chi connectivity index (χ4n) is 2.31. The molecule has 0 amide bonds. The molecule has 2 nitrogen and oxygen atoms in total. The largest absolute Gasteiger partial charge is 0.508 e. The second-order valence-corrected chi connectivity index (χ2v) is 5.58. The number of benzene rings is 3. The Morgan fingerprint density at radius 2 is 1.71 bits per heavy atom. The van der Waals surface area contributed by atoms with Gasteiger partial charge in [0.1, 0.15) is 5.75 Å². The molecule has 0 saturated carbocycles. The maximum atomic E-state index is 10.1. The first kappa shape index (κ1) is 14.1. The van der Waals surface area contributed by atoms with Gasteiger partial charge in [0.2, 0.25) is 0 Å². The van der Waals surface area contributed by atoms with Gasteiger partial charge < -0.3 is 10.4 Å². The molecule has 0 fully saturated rings. The Balaban J connectivity index is 1.91. The van der Waals surface area contributed by atoms with Crippen LogP contribution in [0.1, 0.15) is 5.56 Å². The van der Waals surface area contributed by atoms with Gasteiger partial charge in [-0.05, 0) is 35.0 Å². The first-order valence-corrected chi connectivity index (χ1v) is 7.29.